The number of hydrogen-bond donors (Lipinski definition) is 2. The fraction of sp³-hybridized carbons (Fsp3) is 0.571. The monoisotopic (exact) mass is 346 g/mol. The number of nitrogens with zero attached hydrogens (tertiary/aromatic N) is 3. The Kier molecular flexibility index (Phi) is 4.19. The highest BCUT2D eigenvalue weighted by molar-refractivity contribution is 7.18. The number of nitrogens with two attached hydrogens (primary N) is 1. The van der Waals surface area contributed by atoms with Crippen LogP contribution in [0.2, 0.25) is 0 Å². The van der Waals surface area contributed by atoms with Crippen LogP contribution in [-0.2, 0) is 6.42 Å². The second-order valence-electron chi connectivity index (χ2n) is 5.89. The third-order valence-corrected chi connectivity index (χ3v) is 5.21. The number of aliphatic hydroxyl groups excluding tert-OH is 1. The summed E-state index contributed by atoms with van der Waals surface area (Å²) in [6, 6.07) is 1.22. The molecular weight excluding hydrogens is 329 g/mol. The Hall–Kier alpha value is -1.45. The zero-order valence-corrected chi connectivity index (χ0v) is 13.2. The van der Waals surface area contributed by atoms with E-state index in [2.05, 4.69) is 9.97 Å². The van der Waals surface area contributed by atoms with Crippen molar-refractivity contribution in [2.75, 3.05) is 11.9 Å². The lowest BCUT2D eigenvalue weighted by atomic mass is 10.2. The van der Waals surface area contributed by atoms with Gasteiger partial charge in [-0.25, -0.2) is 9.97 Å². The molecule has 0 radical (unpaired) electrons. The number of aromatic nitrogens is 2. The highest BCUT2D eigenvalue weighted by atomic mass is 32.1. The quantitative estimate of drug-likeness (QED) is 0.890. The van der Waals surface area contributed by atoms with Gasteiger partial charge in [0.05, 0.1) is 17.9 Å². The van der Waals surface area contributed by atoms with E-state index in [1.54, 1.807) is 0 Å². The molecule has 1 aliphatic rings. The SMILES string of the molecule is CN(c1ncnc2sc(CC(F)(F)F)cc12)[C@H]1C[C@@H](N)[C@@H](O)C1. The van der Waals surface area contributed by atoms with Gasteiger partial charge in [0.2, 0.25) is 0 Å². The van der Waals surface area contributed by atoms with Crippen molar-refractivity contribution in [3.8, 4) is 0 Å². The Labute approximate surface area is 134 Å². The highest BCUT2D eigenvalue weighted by Gasteiger charge is 2.34. The number of aliphatic hydroxyl groups is 1. The van der Waals surface area contributed by atoms with Gasteiger partial charge in [-0.05, 0) is 18.9 Å². The van der Waals surface area contributed by atoms with Crippen molar-refractivity contribution in [1.82, 2.24) is 9.97 Å². The van der Waals surface area contributed by atoms with E-state index in [0.717, 1.165) is 11.3 Å². The number of thiophene rings is 1. The van der Waals surface area contributed by atoms with Crippen LogP contribution < -0.4 is 10.6 Å². The zero-order chi connectivity index (χ0) is 16.8. The third kappa shape index (κ3) is 3.41. The molecule has 0 saturated heterocycles. The van der Waals surface area contributed by atoms with Gasteiger partial charge in [-0.2, -0.15) is 13.2 Å². The zero-order valence-electron chi connectivity index (χ0n) is 12.4. The van der Waals surface area contributed by atoms with Crippen LogP contribution in [0.4, 0.5) is 19.0 Å². The van der Waals surface area contributed by atoms with Gasteiger partial charge in [-0.15, -0.1) is 11.3 Å². The number of hydrogen-bond acceptors (Lipinski definition) is 6. The van der Waals surface area contributed by atoms with Crippen molar-refractivity contribution in [1.29, 1.82) is 0 Å². The molecule has 9 heteroatoms. The molecule has 0 spiro atoms. The summed E-state index contributed by atoms with van der Waals surface area (Å²) in [6.07, 6.45) is -3.30. The number of alkyl halides is 3. The fourth-order valence-corrected chi connectivity index (χ4v) is 3.99. The van der Waals surface area contributed by atoms with E-state index >= 15 is 0 Å². The van der Waals surface area contributed by atoms with Crippen LogP contribution >= 0.6 is 11.3 Å². The molecule has 23 heavy (non-hydrogen) atoms. The van der Waals surface area contributed by atoms with E-state index in [1.165, 1.54) is 12.4 Å². The molecule has 3 rings (SSSR count). The Morgan fingerprint density at radius 2 is 2.13 bits per heavy atom. The normalized spacial score (nSPS) is 25.2. The first-order valence-electron chi connectivity index (χ1n) is 7.21. The first-order valence-corrected chi connectivity index (χ1v) is 8.03. The molecule has 126 valence electrons. The number of anilines is 1. The largest absolute Gasteiger partial charge is 0.393 e. The summed E-state index contributed by atoms with van der Waals surface area (Å²) < 4.78 is 37.7. The van der Waals surface area contributed by atoms with E-state index in [4.69, 9.17) is 5.73 Å². The van der Waals surface area contributed by atoms with Crippen molar-refractivity contribution in [3.63, 3.8) is 0 Å². The average molecular weight is 346 g/mol. The molecule has 5 nitrogen and oxygen atoms in total. The topological polar surface area (TPSA) is 75.3 Å². The minimum Gasteiger partial charge on any atom is -0.391 e. The van der Waals surface area contributed by atoms with Gasteiger partial charge in [-0.1, -0.05) is 0 Å². The van der Waals surface area contributed by atoms with Crippen LogP contribution in [0, 0.1) is 0 Å². The van der Waals surface area contributed by atoms with Gasteiger partial charge in [0.25, 0.3) is 0 Å². The molecule has 1 aliphatic carbocycles. The predicted octanol–water partition coefficient (Wildman–Crippen LogP) is 2.08. The van der Waals surface area contributed by atoms with E-state index in [-0.39, 0.29) is 17.0 Å². The fourth-order valence-electron chi connectivity index (χ4n) is 2.97. The lowest BCUT2D eigenvalue weighted by Gasteiger charge is -2.25. The summed E-state index contributed by atoms with van der Waals surface area (Å²) in [7, 11) is 1.82. The smallest absolute Gasteiger partial charge is 0.391 e. The summed E-state index contributed by atoms with van der Waals surface area (Å²) in [5.41, 5.74) is 5.84. The Morgan fingerprint density at radius 3 is 2.74 bits per heavy atom. The van der Waals surface area contributed by atoms with Crippen LogP contribution in [0.25, 0.3) is 10.2 Å². The minimum absolute atomic E-state index is 0.00376. The van der Waals surface area contributed by atoms with Gasteiger partial charge < -0.3 is 15.7 Å². The highest BCUT2D eigenvalue weighted by Crippen LogP contribution is 2.35. The number of rotatable bonds is 3. The molecule has 0 unspecified atom stereocenters. The summed E-state index contributed by atoms with van der Waals surface area (Å²) in [4.78, 5) is 10.9. The third-order valence-electron chi connectivity index (χ3n) is 4.17. The molecule has 0 bridgehead atoms. The van der Waals surface area contributed by atoms with Gasteiger partial charge in [0.1, 0.15) is 17.0 Å². The van der Waals surface area contributed by atoms with E-state index in [1.807, 2.05) is 11.9 Å². The van der Waals surface area contributed by atoms with Crippen molar-refractivity contribution in [2.24, 2.45) is 5.73 Å². The molecule has 1 saturated carbocycles. The predicted molar refractivity (Wildman–Crippen MR) is 82.6 cm³/mol. The lowest BCUT2D eigenvalue weighted by Crippen LogP contribution is -2.31. The molecule has 0 amide bonds. The first-order chi connectivity index (χ1) is 10.7. The molecule has 2 aromatic heterocycles. The minimum atomic E-state index is -4.25. The summed E-state index contributed by atoms with van der Waals surface area (Å²) in [5.74, 6) is 0.575. The van der Waals surface area contributed by atoms with Crippen LogP contribution in [-0.4, -0.2) is 46.5 Å². The second kappa shape index (κ2) is 5.88. The van der Waals surface area contributed by atoms with E-state index < -0.39 is 18.7 Å². The summed E-state index contributed by atoms with van der Waals surface area (Å²) in [5, 5.41) is 10.4. The van der Waals surface area contributed by atoms with Gasteiger partial charge in [0, 0.05) is 24.0 Å². The second-order valence-corrected chi connectivity index (χ2v) is 7.00. The molecule has 2 aromatic rings. The Balaban J connectivity index is 1.91. The van der Waals surface area contributed by atoms with Gasteiger partial charge >= 0.3 is 6.18 Å². The lowest BCUT2D eigenvalue weighted by molar-refractivity contribution is -0.126. The van der Waals surface area contributed by atoms with Gasteiger partial charge in [0.15, 0.2) is 0 Å². The molecule has 2 heterocycles. The van der Waals surface area contributed by atoms with Crippen molar-refractivity contribution >= 4 is 27.4 Å². The van der Waals surface area contributed by atoms with Gasteiger partial charge in [-0.3, -0.25) is 0 Å². The Bertz CT molecular complexity index is 695. The molecule has 1 fully saturated rings. The van der Waals surface area contributed by atoms with Crippen LogP contribution in [0.15, 0.2) is 12.4 Å². The van der Waals surface area contributed by atoms with Crippen molar-refractivity contribution in [3.05, 3.63) is 17.3 Å². The van der Waals surface area contributed by atoms with Crippen molar-refractivity contribution in [2.45, 2.75) is 43.6 Å². The van der Waals surface area contributed by atoms with Crippen LogP contribution in [0.5, 0.6) is 0 Å². The maximum absolute atomic E-state index is 12.6. The van der Waals surface area contributed by atoms with Crippen LogP contribution in [0.1, 0.15) is 17.7 Å². The summed E-state index contributed by atoms with van der Waals surface area (Å²) >= 11 is 1.03. The average Bonchev–Trinajstić information content (AvgIpc) is 2.99. The molecular formula is C14H17F3N4OS. The Morgan fingerprint density at radius 1 is 1.39 bits per heavy atom. The standard InChI is InChI=1S/C14H17F3N4OS/c1-21(7-2-10(18)11(22)3-7)12-9-4-8(5-14(15,16)17)23-13(9)20-6-19-12/h4,6-7,10-11,22H,2-3,5,18H2,1H3/t7-,10+,11-/m0/s1. The molecule has 0 aliphatic heterocycles. The maximum Gasteiger partial charge on any atom is 0.393 e. The molecule has 3 atom stereocenters. The maximum atomic E-state index is 12.6. The molecule has 3 N–H and O–H groups in total. The van der Waals surface area contributed by atoms with E-state index in [0.29, 0.717) is 28.9 Å². The van der Waals surface area contributed by atoms with Crippen molar-refractivity contribution < 1.29 is 18.3 Å². The number of fused-ring (bicyclic) bond motifs is 1. The van der Waals surface area contributed by atoms with Crippen LogP contribution in [0.3, 0.4) is 0 Å². The van der Waals surface area contributed by atoms with E-state index in [9.17, 15) is 18.3 Å². The first kappa shape index (κ1) is 16.4. The number of halogens is 3. The molecule has 0 aromatic carbocycles. The summed E-state index contributed by atoms with van der Waals surface area (Å²) in [6.45, 7) is 0.